The molecule has 1 aromatic heterocycles. The van der Waals surface area contributed by atoms with Crippen molar-refractivity contribution in [3.8, 4) is 11.1 Å². The van der Waals surface area contributed by atoms with Gasteiger partial charge in [0, 0.05) is 42.2 Å². The smallest absolute Gasteiger partial charge is 0.0850 e. The molecule has 5 rings (SSSR count). The first-order valence-corrected chi connectivity index (χ1v) is 11.3. The van der Waals surface area contributed by atoms with Crippen molar-refractivity contribution < 1.29 is 0 Å². The van der Waals surface area contributed by atoms with E-state index in [1.807, 2.05) is 12.3 Å². The van der Waals surface area contributed by atoms with Crippen molar-refractivity contribution in [2.75, 3.05) is 13.1 Å². The molecule has 1 aliphatic rings. The molecule has 3 aromatic carbocycles. The molecule has 1 fully saturated rings. The van der Waals surface area contributed by atoms with E-state index in [9.17, 15) is 0 Å². The number of hydrogen-bond acceptors (Lipinski definition) is 4. The minimum absolute atomic E-state index is 0.498. The van der Waals surface area contributed by atoms with Crippen LogP contribution in [0, 0.1) is 0 Å². The first-order valence-electron chi connectivity index (χ1n) is 10.5. The Balaban J connectivity index is 1.16. The van der Waals surface area contributed by atoms with Crippen molar-refractivity contribution in [3.63, 3.8) is 0 Å². The molecule has 2 heterocycles. The molecule has 3 nitrogen and oxygen atoms in total. The van der Waals surface area contributed by atoms with Gasteiger partial charge in [-0.15, -0.1) is 0 Å². The lowest BCUT2D eigenvalue weighted by Gasteiger charge is -2.17. The summed E-state index contributed by atoms with van der Waals surface area (Å²) in [6, 6.07) is 30.5. The third kappa shape index (κ3) is 4.41. The van der Waals surface area contributed by atoms with Crippen molar-refractivity contribution in [1.82, 2.24) is 14.6 Å². The van der Waals surface area contributed by atoms with E-state index in [4.69, 9.17) is 0 Å². The van der Waals surface area contributed by atoms with Crippen molar-refractivity contribution in [1.29, 1.82) is 0 Å². The van der Waals surface area contributed by atoms with Gasteiger partial charge in [0.1, 0.15) is 0 Å². The second kappa shape index (κ2) is 9.00. The number of nitrogens with one attached hydrogen (secondary N) is 1. The summed E-state index contributed by atoms with van der Waals surface area (Å²) in [6.45, 7) is 3.21. The normalized spacial score (nSPS) is 16.9. The van der Waals surface area contributed by atoms with Crippen LogP contribution < -0.4 is 4.72 Å². The van der Waals surface area contributed by atoms with E-state index >= 15 is 0 Å². The first-order chi connectivity index (χ1) is 14.8. The zero-order valence-electron chi connectivity index (χ0n) is 16.9. The van der Waals surface area contributed by atoms with Crippen LogP contribution in [0.2, 0.25) is 0 Å². The van der Waals surface area contributed by atoms with Crippen LogP contribution in [-0.2, 0) is 6.54 Å². The van der Waals surface area contributed by atoms with Crippen LogP contribution in [-0.4, -0.2) is 29.0 Å². The molecule has 0 aliphatic carbocycles. The van der Waals surface area contributed by atoms with Crippen LogP contribution in [0.3, 0.4) is 0 Å². The molecule has 4 heteroatoms. The van der Waals surface area contributed by atoms with Gasteiger partial charge in [0.2, 0.25) is 0 Å². The van der Waals surface area contributed by atoms with E-state index in [0.29, 0.717) is 6.04 Å². The zero-order chi connectivity index (χ0) is 20.2. The number of hydrogen-bond donors (Lipinski definition) is 1. The van der Waals surface area contributed by atoms with E-state index < -0.39 is 0 Å². The minimum atomic E-state index is 0.498. The fourth-order valence-corrected chi connectivity index (χ4v) is 4.97. The number of pyridine rings is 1. The summed E-state index contributed by atoms with van der Waals surface area (Å²) in [6.07, 6.45) is 3.04. The van der Waals surface area contributed by atoms with E-state index in [0.717, 1.165) is 25.2 Å². The summed E-state index contributed by atoms with van der Waals surface area (Å²) in [7, 11) is 0. The lowest BCUT2D eigenvalue weighted by atomic mass is 10.0. The molecule has 1 aliphatic heterocycles. The van der Waals surface area contributed by atoms with E-state index in [1.165, 1.54) is 33.4 Å². The number of likely N-dealkylation sites (tertiary alicyclic amines) is 1. The number of nitrogens with zero attached hydrogens (tertiary/aromatic N) is 2. The number of para-hydroxylation sites is 1. The average Bonchev–Trinajstić information content (AvgIpc) is 3.26. The van der Waals surface area contributed by atoms with Crippen molar-refractivity contribution in [2.24, 2.45) is 0 Å². The van der Waals surface area contributed by atoms with Gasteiger partial charge >= 0.3 is 0 Å². The standard InChI is InChI=1S/C26H25N3S/c1-2-6-21(7-3-1)22-13-11-20(12-14-22)18-29-17-15-24(19-29)28-30-25-10-4-8-23-9-5-16-27-26(23)25/h1-14,16,24,28H,15,17-19H2. The number of benzene rings is 3. The molecule has 1 N–H and O–H groups in total. The van der Waals surface area contributed by atoms with Crippen LogP contribution in [0.15, 0.2) is 96.0 Å². The van der Waals surface area contributed by atoms with Gasteiger partial charge in [0.25, 0.3) is 0 Å². The maximum Gasteiger partial charge on any atom is 0.0850 e. The highest BCUT2D eigenvalue weighted by Crippen LogP contribution is 2.26. The molecule has 1 atom stereocenters. The predicted molar refractivity (Wildman–Crippen MR) is 126 cm³/mol. The van der Waals surface area contributed by atoms with Gasteiger partial charge in [-0.05, 0) is 47.2 Å². The monoisotopic (exact) mass is 411 g/mol. The van der Waals surface area contributed by atoms with Crippen molar-refractivity contribution >= 4 is 22.9 Å². The minimum Gasteiger partial charge on any atom is -0.297 e. The highest BCUT2D eigenvalue weighted by Gasteiger charge is 2.22. The molecule has 0 saturated carbocycles. The molecule has 1 saturated heterocycles. The molecule has 0 bridgehead atoms. The summed E-state index contributed by atoms with van der Waals surface area (Å²) in [5.74, 6) is 0. The lowest BCUT2D eigenvalue weighted by Crippen LogP contribution is -2.28. The van der Waals surface area contributed by atoms with E-state index in [2.05, 4.69) is 93.5 Å². The molecule has 0 amide bonds. The summed E-state index contributed by atoms with van der Waals surface area (Å²) < 4.78 is 3.67. The Bertz CT molecular complexity index is 1110. The molecule has 150 valence electrons. The van der Waals surface area contributed by atoms with Crippen LogP contribution in [0.4, 0.5) is 0 Å². The zero-order valence-corrected chi connectivity index (χ0v) is 17.7. The summed E-state index contributed by atoms with van der Waals surface area (Å²) >= 11 is 1.72. The Morgan fingerprint density at radius 2 is 1.67 bits per heavy atom. The third-order valence-corrected chi connectivity index (χ3v) is 6.67. The van der Waals surface area contributed by atoms with Crippen LogP contribution >= 0.6 is 11.9 Å². The molecular weight excluding hydrogens is 386 g/mol. The fourth-order valence-electron chi connectivity index (χ4n) is 4.07. The van der Waals surface area contributed by atoms with Gasteiger partial charge in [-0.25, -0.2) is 0 Å². The Labute approximate surface area is 182 Å². The molecule has 0 radical (unpaired) electrons. The predicted octanol–water partition coefficient (Wildman–Crippen LogP) is 5.77. The maximum atomic E-state index is 4.55. The Morgan fingerprint density at radius 3 is 2.53 bits per heavy atom. The second-order valence-corrected chi connectivity index (χ2v) is 8.71. The second-order valence-electron chi connectivity index (χ2n) is 7.83. The molecular formula is C26H25N3S. The molecule has 1 unspecified atom stereocenters. The van der Waals surface area contributed by atoms with Crippen LogP contribution in [0.25, 0.3) is 22.0 Å². The van der Waals surface area contributed by atoms with Gasteiger partial charge in [-0.1, -0.05) is 72.8 Å². The molecule has 4 aromatic rings. The Kier molecular flexibility index (Phi) is 5.80. The largest absolute Gasteiger partial charge is 0.297 e. The quantitative estimate of drug-likeness (QED) is 0.408. The number of aromatic nitrogens is 1. The molecule has 30 heavy (non-hydrogen) atoms. The molecule has 0 spiro atoms. The van der Waals surface area contributed by atoms with Gasteiger partial charge in [0.05, 0.1) is 5.52 Å². The summed E-state index contributed by atoms with van der Waals surface area (Å²) in [4.78, 5) is 8.29. The topological polar surface area (TPSA) is 28.2 Å². The lowest BCUT2D eigenvalue weighted by molar-refractivity contribution is 0.325. The number of rotatable bonds is 6. The van der Waals surface area contributed by atoms with Gasteiger partial charge in [-0.2, -0.15) is 0 Å². The highest BCUT2D eigenvalue weighted by molar-refractivity contribution is 7.97. The van der Waals surface area contributed by atoms with E-state index in [1.54, 1.807) is 11.9 Å². The summed E-state index contributed by atoms with van der Waals surface area (Å²) in [5.41, 5.74) is 5.00. The Morgan fingerprint density at radius 1 is 0.867 bits per heavy atom. The Hall–Kier alpha value is -2.66. The maximum absolute atomic E-state index is 4.55. The third-order valence-electron chi connectivity index (χ3n) is 5.67. The van der Waals surface area contributed by atoms with Gasteiger partial charge in [0.15, 0.2) is 0 Å². The van der Waals surface area contributed by atoms with Crippen molar-refractivity contribution in [3.05, 3.63) is 96.7 Å². The first kappa shape index (κ1) is 19.3. The SMILES string of the molecule is c1ccc(-c2ccc(CN3CCC(NSc4cccc5cccnc45)C3)cc2)cc1. The number of fused-ring (bicyclic) bond motifs is 1. The highest BCUT2D eigenvalue weighted by atomic mass is 32.2. The van der Waals surface area contributed by atoms with Gasteiger partial charge < -0.3 is 0 Å². The van der Waals surface area contributed by atoms with Gasteiger partial charge in [-0.3, -0.25) is 14.6 Å². The summed E-state index contributed by atoms with van der Waals surface area (Å²) in [5, 5.41) is 1.19. The van der Waals surface area contributed by atoms with Crippen molar-refractivity contribution in [2.45, 2.75) is 23.9 Å². The van der Waals surface area contributed by atoms with Crippen LogP contribution in [0.1, 0.15) is 12.0 Å². The van der Waals surface area contributed by atoms with E-state index in [-0.39, 0.29) is 0 Å². The fraction of sp³-hybridized carbons (Fsp3) is 0.192. The average molecular weight is 412 g/mol. The van der Waals surface area contributed by atoms with Crippen LogP contribution in [0.5, 0.6) is 0 Å².